The standard InChI is InChI=1S/C17H12N4OS/c1-3-11(9-18-6-1)16-20-13-5-8-23-15(13)14-17(22-14)21(16)12-4-2-7-19-10-12/h1-10,14,17H. The van der Waals surface area contributed by atoms with E-state index in [0.717, 1.165) is 22.8 Å². The molecule has 6 heteroatoms. The number of epoxide rings is 1. The Hall–Kier alpha value is -2.57. The minimum absolute atomic E-state index is 0.0435. The Morgan fingerprint density at radius 2 is 1.91 bits per heavy atom. The molecule has 3 aromatic heterocycles. The monoisotopic (exact) mass is 320 g/mol. The van der Waals surface area contributed by atoms with Gasteiger partial charge in [0.1, 0.15) is 11.9 Å². The Kier molecular flexibility index (Phi) is 2.79. The number of ether oxygens (including phenoxy) is 1. The lowest BCUT2D eigenvalue weighted by molar-refractivity contribution is 0.378. The van der Waals surface area contributed by atoms with E-state index in [9.17, 15) is 0 Å². The number of fused-ring (bicyclic) bond motifs is 3. The van der Waals surface area contributed by atoms with Crippen LogP contribution in [0, 0.1) is 0 Å². The normalized spacial score (nSPS) is 21.9. The number of anilines is 1. The van der Waals surface area contributed by atoms with E-state index in [1.807, 2.05) is 42.7 Å². The lowest BCUT2D eigenvalue weighted by atomic mass is 10.2. The molecule has 5 rings (SSSR count). The first-order chi connectivity index (χ1) is 11.4. The third-order valence-electron chi connectivity index (χ3n) is 3.95. The second-order valence-electron chi connectivity index (χ2n) is 5.38. The third-order valence-corrected chi connectivity index (χ3v) is 4.92. The fourth-order valence-electron chi connectivity index (χ4n) is 2.86. The van der Waals surface area contributed by atoms with E-state index in [1.165, 1.54) is 4.88 Å². The number of aromatic nitrogens is 2. The van der Waals surface area contributed by atoms with Crippen LogP contribution in [0.2, 0.25) is 0 Å². The number of amidine groups is 1. The summed E-state index contributed by atoms with van der Waals surface area (Å²) in [5, 5.41) is 2.06. The summed E-state index contributed by atoms with van der Waals surface area (Å²) in [6, 6.07) is 9.93. The first-order valence-electron chi connectivity index (χ1n) is 7.33. The lowest BCUT2D eigenvalue weighted by Crippen LogP contribution is -2.34. The highest BCUT2D eigenvalue weighted by Crippen LogP contribution is 2.51. The van der Waals surface area contributed by atoms with Crippen molar-refractivity contribution in [3.05, 3.63) is 70.9 Å². The largest absolute Gasteiger partial charge is 0.341 e. The Balaban J connectivity index is 1.71. The maximum atomic E-state index is 5.97. The van der Waals surface area contributed by atoms with Gasteiger partial charge in [-0.25, -0.2) is 4.99 Å². The maximum Gasteiger partial charge on any atom is 0.168 e. The summed E-state index contributed by atoms with van der Waals surface area (Å²) in [4.78, 5) is 16.7. The van der Waals surface area contributed by atoms with Gasteiger partial charge in [0.25, 0.3) is 0 Å². The Morgan fingerprint density at radius 3 is 2.70 bits per heavy atom. The van der Waals surface area contributed by atoms with Crippen LogP contribution < -0.4 is 4.90 Å². The summed E-state index contributed by atoms with van der Waals surface area (Å²) >= 11 is 1.69. The van der Waals surface area contributed by atoms with Gasteiger partial charge in [-0.15, -0.1) is 11.3 Å². The van der Waals surface area contributed by atoms with Crippen LogP contribution in [0.15, 0.2) is 65.5 Å². The Morgan fingerprint density at radius 1 is 1.04 bits per heavy atom. The molecule has 2 atom stereocenters. The topological polar surface area (TPSA) is 53.9 Å². The van der Waals surface area contributed by atoms with E-state index in [4.69, 9.17) is 9.73 Å². The lowest BCUT2D eigenvalue weighted by Gasteiger charge is -2.23. The average molecular weight is 320 g/mol. The molecule has 3 aromatic rings. The van der Waals surface area contributed by atoms with Crippen LogP contribution in [0.5, 0.6) is 0 Å². The number of hydrogen-bond acceptors (Lipinski definition) is 6. The van der Waals surface area contributed by atoms with Gasteiger partial charge < -0.3 is 4.74 Å². The van der Waals surface area contributed by atoms with Gasteiger partial charge >= 0.3 is 0 Å². The summed E-state index contributed by atoms with van der Waals surface area (Å²) < 4.78 is 5.97. The van der Waals surface area contributed by atoms with Crippen molar-refractivity contribution in [1.29, 1.82) is 0 Å². The van der Waals surface area contributed by atoms with E-state index in [0.29, 0.717) is 0 Å². The highest BCUT2D eigenvalue weighted by molar-refractivity contribution is 7.10. The minimum atomic E-state index is -0.0435. The summed E-state index contributed by atoms with van der Waals surface area (Å²) in [6.45, 7) is 0. The summed E-state index contributed by atoms with van der Waals surface area (Å²) in [7, 11) is 0. The molecule has 0 aromatic carbocycles. The van der Waals surface area contributed by atoms with Crippen LogP contribution in [0.3, 0.4) is 0 Å². The highest BCUT2D eigenvalue weighted by Gasteiger charge is 2.50. The molecule has 23 heavy (non-hydrogen) atoms. The SMILES string of the molecule is c1cncc(C2=Nc3ccsc3C3OC3N2c2cccnc2)c1. The second-order valence-corrected chi connectivity index (χ2v) is 6.32. The zero-order valence-electron chi connectivity index (χ0n) is 12.0. The average Bonchev–Trinajstić information content (AvgIpc) is 3.27. The van der Waals surface area contributed by atoms with Crippen molar-refractivity contribution in [2.45, 2.75) is 12.3 Å². The molecule has 5 nitrogen and oxygen atoms in total. The van der Waals surface area contributed by atoms with Gasteiger partial charge in [0.2, 0.25) is 0 Å². The maximum absolute atomic E-state index is 5.97. The van der Waals surface area contributed by atoms with E-state index < -0.39 is 0 Å². The fourth-order valence-corrected chi connectivity index (χ4v) is 3.75. The molecule has 0 spiro atoms. The molecule has 0 N–H and O–H groups in total. The number of hydrogen-bond donors (Lipinski definition) is 0. The molecule has 0 bridgehead atoms. The van der Waals surface area contributed by atoms with Crippen molar-refractivity contribution in [3.63, 3.8) is 0 Å². The predicted molar refractivity (Wildman–Crippen MR) is 89.1 cm³/mol. The second kappa shape index (κ2) is 4.97. The van der Waals surface area contributed by atoms with Gasteiger partial charge in [-0.3, -0.25) is 14.9 Å². The minimum Gasteiger partial charge on any atom is -0.341 e. The number of nitrogens with zero attached hydrogens (tertiary/aromatic N) is 4. The van der Waals surface area contributed by atoms with E-state index in [2.05, 4.69) is 20.2 Å². The van der Waals surface area contributed by atoms with E-state index >= 15 is 0 Å². The van der Waals surface area contributed by atoms with Crippen LogP contribution in [0.1, 0.15) is 16.5 Å². The van der Waals surface area contributed by atoms with E-state index in [1.54, 1.807) is 23.7 Å². The molecule has 1 fully saturated rings. The molecular weight excluding hydrogens is 308 g/mol. The summed E-state index contributed by atoms with van der Waals surface area (Å²) in [5.41, 5.74) is 2.91. The number of pyridine rings is 2. The fraction of sp³-hybridized carbons (Fsp3) is 0.118. The van der Waals surface area contributed by atoms with Crippen LogP contribution in [0.4, 0.5) is 11.4 Å². The predicted octanol–water partition coefficient (Wildman–Crippen LogP) is 3.53. The summed E-state index contributed by atoms with van der Waals surface area (Å²) in [6.07, 6.45) is 7.23. The van der Waals surface area contributed by atoms with Crippen molar-refractivity contribution in [2.75, 3.05) is 4.90 Å². The Labute approximate surface area is 136 Å². The van der Waals surface area contributed by atoms with Crippen LogP contribution in [0.25, 0.3) is 0 Å². The van der Waals surface area contributed by atoms with Crippen molar-refractivity contribution < 1.29 is 4.74 Å². The van der Waals surface area contributed by atoms with Crippen LogP contribution >= 0.6 is 11.3 Å². The molecule has 112 valence electrons. The van der Waals surface area contributed by atoms with Gasteiger partial charge in [-0.2, -0.15) is 0 Å². The van der Waals surface area contributed by atoms with E-state index in [-0.39, 0.29) is 12.3 Å². The van der Waals surface area contributed by atoms with Gasteiger partial charge in [-0.1, -0.05) is 0 Å². The molecule has 2 aliphatic heterocycles. The zero-order chi connectivity index (χ0) is 15.2. The molecule has 0 aliphatic carbocycles. The first kappa shape index (κ1) is 12.9. The molecule has 2 aliphatic rings. The van der Waals surface area contributed by atoms with Crippen molar-refractivity contribution in [2.24, 2.45) is 4.99 Å². The summed E-state index contributed by atoms with van der Waals surface area (Å²) in [5.74, 6) is 0.843. The smallest absolute Gasteiger partial charge is 0.168 e. The molecule has 0 amide bonds. The number of rotatable bonds is 2. The van der Waals surface area contributed by atoms with Crippen molar-refractivity contribution >= 4 is 28.5 Å². The molecule has 1 saturated heterocycles. The molecule has 5 heterocycles. The molecular formula is C17H12N4OS. The Bertz CT molecular complexity index is 878. The van der Waals surface area contributed by atoms with Gasteiger partial charge in [0.05, 0.1) is 22.4 Å². The number of thiophene rings is 1. The molecule has 2 unspecified atom stereocenters. The number of aliphatic imine (C=N–C) groups is 1. The van der Waals surface area contributed by atoms with Crippen LogP contribution in [-0.2, 0) is 4.74 Å². The van der Waals surface area contributed by atoms with Gasteiger partial charge in [0.15, 0.2) is 6.23 Å². The van der Waals surface area contributed by atoms with Crippen molar-refractivity contribution in [1.82, 2.24) is 9.97 Å². The van der Waals surface area contributed by atoms with Crippen LogP contribution in [-0.4, -0.2) is 22.0 Å². The zero-order valence-corrected chi connectivity index (χ0v) is 12.9. The van der Waals surface area contributed by atoms with Crippen molar-refractivity contribution in [3.8, 4) is 0 Å². The highest BCUT2D eigenvalue weighted by atomic mass is 32.1. The first-order valence-corrected chi connectivity index (χ1v) is 8.21. The molecule has 0 saturated carbocycles. The van der Waals surface area contributed by atoms with Gasteiger partial charge in [0, 0.05) is 24.2 Å². The van der Waals surface area contributed by atoms with Gasteiger partial charge in [-0.05, 0) is 35.7 Å². The quantitative estimate of drug-likeness (QED) is 0.678. The molecule has 0 radical (unpaired) electrons. The third kappa shape index (κ3) is 2.07.